The van der Waals surface area contributed by atoms with E-state index in [1.165, 1.54) is 11.1 Å². The van der Waals surface area contributed by atoms with Crippen molar-refractivity contribution >= 4 is 23.5 Å². The number of carbonyl (C=O) groups is 3. The van der Waals surface area contributed by atoms with Crippen LogP contribution in [0.1, 0.15) is 33.0 Å². The molecule has 1 aliphatic heterocycles. The highest BCUT2D eigenvalue weighted by atomic mass is 16.5. The van der Waals surface area contributed by atoms with Crippen LogP contribution in [0.4, 0.5) is 10.5 Å². The van der Waals surface area contributed by atoms with Gasteiger partial charge in [-0.2, -0.15) is 0 Å². The summed E-state index contributed by atoms with van der Waals surface area (Å²) in [5.74, 6) is 4.37. The number of ketones is 1. The number of fused-ring (bicyclic) bond motifs is 4. The van der Waals surface area contributed by atoms with Crippen molar-refractivity contribution in [1.82, 2.24) is 5.32 Å². The summed E-state index contributed by atoms with van der Waals surface area (Å²) in [5, 5.41) is 5.12. The molecule has 0 radical (unpaired) electrons. The molecule has 6 heteroatoms. The molecule has 32 heavy (non-hydrogen) atoms. The van der Waals surface area contributed by atoms with Gasteiger partial charge < -0.3 is 15.4 Å². The lowest BCUT2D eigenvalue weighted by atomic mass is 9.98. The van der Waals surface area contributed by atoms with Gasteiger partial charge in [0.1, 0.15) is 6.61 Å². The molecule has 0 aromatic heterocycles. The van der Waals surface area contributed by atoms with E-state index < -0.39 is 17.8 Å². The van der Waals surface area contributed by atoms with Crippen molar-refractivity contribution in [3.8, 4) is 23.0 Å². The molecule has 2 amide bonds. The van der Waals surface area contributed by atoms with Crippen molar-refractivity contribution in [3.05, 3.63) is 89.0 Å². The van der Waals surface area contributed by atoms with Gasteiger partial charge in [0.15, 0.2) is 0 Å². The van der Waals surface area contributed by atoms with E-state index in [0.29, 0.717) is 11.3 Å². The van der Waals surface area contributed by atoms with E-state index in [2.05, 4.69) is 46.7 Å². The van der Waals surface area contributed by atoms with Crippen LogP contribution in [0.25, 0.3) is 11.1 Å². The van der Waals surface area contributed by atoms with E-state index >= 15 is 0 Å². The van der Waals surface area contributed by atoms with Gasteiger partial charge in [0, 0.05) is 11.5 Å². The Labute approximate surface area is 184 Å². The van der Waals surface area contributed by atoms with Gasteiger partial charge in [-0.25, -0.2) is 4.79 Å². The summed E-state index contributed by atoms with van der Waals surface area (Å²) in [5.41, 5.74) is 5.79. The van der Waals surface area contributed by atoms with Crippen molar-refractivity contribution in [2.24, 2.45) is 0 Å². The third-order valence-electron chi connectivity index (χ3n) is 5.63. The molecule has 1 heterocycles. The predicted molar refractivity (Wildman–Crippen MR) is 119 cm³/mol. The first-order valence-corrected chi connectivity index (χ1v) is 10.2. The molecule has 1 aliphatic carbocycles. The van der Waals surface area contributed by atoms with E-state index in [4.69, 9.17) is 4.74 Å². The van der Waals surface area contributed by atoms with Crippen molar-refractivity contribution in [1.29, 1.82) is 0 Å². The number of hydrogen-bond donors (Lipinski definition) is 2. The molecular weight excluding hydrogens is 404 g/mol. The predicted octanol–water partition coefficient (Wildman–Crippen LogP) is 3.71. The van der Waals surface area contributed by atoms with Crippen LogP contribution in [-0.2, 0) is 9.53 Å². The molecule has 3 aromatic carbocycles. The van der Waals surface area contributed by atoms with Gasteiger partial charge in [0.05, 0.1) is 17.8 Å². The average molecular weight is 422 g/mol. The van der Waals surface area contributed by atoms with Crippen molar-refractivity contribution in [2.45, 2.75) is 5.92 Å². The van der Waals surface area contributed by atoms with Gasteiger partial charge in [-0.05, 0) is 34.4 Å². The number of alkyl carbamates (subject to hydrolysis) is 1. The summed E-state index contributed by atoms with van der Waals surface area (Å²) in [4.78, 5) is 35.7. The molecule has 5 rings (SSSR count). The minimum atomic E-state index is -0.661. The summed E-state index contributed by atoms with van der Waals surface area (Å²) >= 11 is 0. The smallest absolute Gasteiger partial charge is 0.407 e. The molecular formula is C26H18N2O4. The van der Waals surface area contributed by atoms with Gasteiger partial charge in [-0.1, -0.05) is 66.4 Å². The van der Waals surface area contributed by atoms with Gasteiger partial charge in [-0.3, -0.25) is 9.59 Å². The van der Waals surface area contributed by atoms with Crippen LogP contribution in [0.2, 0.25) is 0 Å². The van der Waals surface area contributed by atoms with Crippen LogP contribution in [0, 0.1) is 11.8 Å². The molecule has 0 bridgehead atoms. The lowest BCUT2D eigenvalue weighted by Gasteiger charge is -2.14. The van der Waals surface area contributed by atoms with Crippen molar-refractivity contribution in [3.63, 3.8) is 0 Å². The lowest BCUT2D eigenvalue weighted by molar-refractivity contribution is -0.112. The highest BCUT2D eigenvalue weighted by molar-refractivity contribution is 6.52. The normalized spacial score (nSPS) is 13.4. The first kappa shape index (κ1) is 19.6. The maximum Gasteiger partial charge on any atom is 0.407 e. The molecule has 0 spiro atoms. The van der Waals surface area contributed by atoms with Crippen LogP contribution < -0.4 is 10.6 Å². The zero-order valence-electron chi connectivity index (χ0n) is 17.0. The number of nitrogens with one attached hydrogen (secondary N) is 2. The van der Waals surface area contributed by atoms with E-state index in [0.717, 1.165) is 11.1 Å². The molecule has 6 nitrogen and oxygen atoms in total. The molecule has 0 saturated heterocycles. The highest BCUT2D eigenvalue weighted by Crippen LogP contribution is 2.44. The fourth-order valence-corrected chi connectivity index (χ4v) is 4.20. The summed E-state index contributed by atoms with van der Waals surface area (Å²) in [6.45, 7) is 0.275. The zero-order chi connectivity index (χ0) is 22.1. The number of benzene rings is 3. The molecule has 0 fully saturated rings. The molecule has 2 aliphatic rings. The number of carbonyl (C=O) groups excluding carboxylic acids is 3. The Kier molecular flexibility index (Phi) is 4.92. The van der Waals surface area contributed by atoms with Crippen LogP contribution in [0.5, 0.6) is 0 Å². The largest absolute Gasteiger partial charge is 0.449 e. The second-order valence-electron chi connectivity index (χ2n) is 7.49. The maximum atomic E-state index is 12.2. The lowest BCUT2D eigenvalue weighted by Crippen LogP contribution is -2.26. The SMILES string of the molecule is O=C(NCC#Cc1cccc2c1C(=O)C(=O)N2)OCC1c2ccccc2-c2ccccc21. The Balaban J connectivity index is 1.21. The number of anilines is 1. The highest BCUT2D eigenvalue weighted by Gasteiger charge is 2.30. The molecule has 0 unspecified atom stereocenters. The number of ether oxygens (including phenoxy) is 1. The number of rotatable bonds is 3. The van der Waals surface area contributed by atoms with E-state index in [1.807, 2.05) is 24.3 Å². The molecule has 0 atom stereocenters. The monoisotopic (exact) mass is 422 g/mol. The van der Waals surface area contributed by atoms with Crippen LogP contribution in [0.3, 0.4) is 0 Å². The van der Waals surface area contributed by atoms with Gasteiger partial charge >= 0.3 is 6.09 Å². The standard InChI is InChI=1S/C26H18N2O4/c29-24-23-16(7-5-13-22(23)28-25(24)30)8-6-14-27-26(31)32-15-21-19-11-3-1-9-17(19)18-10-2-4-12-20(18)21/h1-5,7,9-13,21H,14-15H2,(H,27,31)(H,28,29,30). The molecule has 0 saturated carbocycles. The first-order chi connectivity index (χ1) is 15.6. The zero-order valence-corrected chi connectivity index (χ0v) is 17.0. The topological polar surface area (TPSA) is 84.5 Å². The van der Waals surface area contributed by atoms with Crippen LogP contribution in [-0.4, -0.2) is 30.9 Å². The average Bonchev–Trinajstić information content (AvgIpc) is 3.29. The third kappa shape index (κ3) is 3.40. The minimum Gasteiger partial charge on any atom is -0.449 e. The Morgan fingerprint density at radius 1 is 0.938 bits per heavy atom. The van der Waals surface area contributed by atoms with Crippen LogP contribution in [0.15, 0.2) is 66.7 Å². The quantitative estimate of drug-likeness (QED) is 0.498. The van der Waals surface area contributed by atoms with E-state index in [1.54, 1.807) is 18.2 Å². The van der Waals surface area contributed by atoms with Gasteiger partial charge in [0.25, 0.3) is 11.7 Å². The fraction of sp³-hybridized carbons (Fsp3) is 0.115. The Morgan fingerprint density at radius 3 is 2.34 bits per heavy atom. The van der Waals surface area contributed by atoms with Gasteiger partial charge in [0.2, 0.25) is 0 Å². The summed E-state index contributed by atoms with van der Waals surface area (Å²) in [6.07, 6.45) is -0.563. The maximum absolute atomic E-state index is 12.2. The summed E-state index contributed by atoms with van der Waals surface area (Å²) < 4.78 is 5.47. The van der Waals surface area contributed by atoms with Gasteiger partial charge in [-0.15, -0.1) is 0 Å². The Bertz CT molecular complexity index is 1290. The number of amides is 2. The second kappa shape index (κ2) is 8.05. The molecule has 2 N–H and O–H groups in total. The number of Topliss-reactive ketones (excluding diaryl/α,β-unsaturated/α-hetero) is 1. The van der Waals surface area contributed by atoms with Crippen molar-refractivity contribution in [2.75, 3.05) is 18.5 Å². The Hall–Kier alpha value is -4.37. The third-order valence-corrected chi connectivity index (χ3v) is 5.63. The summed E-state index contributed by atoms with van der Waals surface area (Å²) in [7, 11) is 0. The second-order valence-corrected chi connectivity index (χ2v) is 7.49. The fourth-order valence-electron chi connectivity index (χ4n) is 4.20. The van der Waals surface area contributed by atoms with E-state index in [-0.39, 0.29) is 24.6 Å². The first-order valence-electron chi connectivity index (χ1n) is 10.2. The van der Waals surface area contributed by atoms with Crippen molar-refractivity contribution < 1.29 is 19.1 Å². The number of hydrogen-bond acceptors (Lipinski definition) is 4. The Morgan fingerprint density at radius 2 is 1.62 bits per heavy atom. The van der Waals surface area contributed by atoms with E-state index in [9.17, 15) is 14.4 Å². The molecule has 3 aromatic rings. The minimum absolute atomic E-state index is 0.0119. The van der Waals surface area contributed by atoms with Crippen LogP contribution >= 0.6 is 0 Å². The summed E-state index contributed by atoms with van der Waals surface area (Å²) in [6, 6.07) is 21.3. The molecule has 156 valence electrons.